The van der Waals surface area contributed by atoms with Gasteiger partial charge in [-0.15, -0.1) is 0 Å². The van der Waals surface area contributed by atoms with E-state index in [1.165, 1.54) is 6.42 Å². The van der Waals surface area contributed by atoms with Crippen LogP contribution in [0.15, 0.2) is 0 Å². The fourth-order valence-corrected chi connectivity index (χ4v) is 2.84. The third-order valence-electron chi connectivity index (χ3n) is 3.68. The molecule has 4 heteroatoms. The van der Waals surface area contributed by atoms with E-state index in [9.17, 15) is 4.79 Å². The molecular weight excluding hydrogens is 202 g/mol. The van der Waals surface area contributed by atoms with Crippen molar-refractivity contribution in [3.05, 3.63) is 0 Å². The number of carbonyl (C=O) groups excluding carboxylic acids is 1. The summed E-state index contributed by atoms with van der Waals surface area (Å²) in [4.78, 5) is 14.3. The first-order valence-corrected chi connectivity index (χ1v) is 6.48. The molecule has 92 valence electrons. The summed E-state index contributed by atoms with van der Waals surface area (Å²) in [5, 5.41) is 6.51. The molecule has 2 heterocycles. The number of hydrogen-bond acceptors (Lipinski definition) is 3. The Hall–Kier alpha value is -0.610. The number of rotatable bonds is 3. The van der Waals surface area contributed by atoms with Crippen molar-refractivity contribution in [3.63, 3.8) is 0 Å². The van der Waals surface area contributed by atoms with Gasteiger partial charge in [-0.2, -0.15) is 0 Å². The van der Waals surface area contributed by atoms with Crippen LogP contribution < -0.4 is 10.6 Å². The lowest BCUT2D eigenvalue weighted by Gasteiger charge is -2.34. The summed E-state index contributed by atoms with van der Waals surface area (Å²) < 4.78 is 0. The smallest absolute Gasteiger partial charge is 0.239 e. The largest absolute Gasteiger partial charge is 0.341 e. The fraction of sp³-hybridized carbons (Fsp3) is 0.917. The van der Waals surface area contributed by atoms with E-state index in [1.807, 2.05) is 7.05 Å². The Morgan fingerprint density at radius 3 is 3.00 bits per heavy atom. The van der Waals surface area contributed by atoms with Gasteiger partial charge in [-0.1, -0.05) is 0 Å². The van der Waals surface area contributed by atoms with E-state index in [0.717, 1.165) is 45.4 Å². The highest BCUT2D eigenvalue weighted by atomic mass is 16.2. The van der Waals surface area contributed by atoms with Crippen LogP contribution in [0.3, 0.4) is 0 Å². The van der Waals surface area contributed by atoms with Gasteiger partial charge >= 0.3 is 0 Å². The molecule has 0 saturated carbocycles. The van der Waals surface area contributed by atoms with Crippen LogP contribution in [0.25, 0.3) is 0 Å². The average Bonchev–Trinajstić information content (AvgIpc) is 2.82. The van der Waals surface area contributed by atoms with Gasteiger partial charge in [0.05, 0.1) is 6.04 Å². The van der Waals surface area contributed by atoms with Gasteiger partial charge in [0.2, 0.25) is 5.91 Å². The predicted molar refractivity (Wildman–Crippen MR) is 64.3 cm³/mol. The van der Waals surface area contributed by atoms with Crippen LogP contribution >= 0.6 is 0 Å². The van der Waals surface area contributed by atoms with Crippen LogP contribution in [-0.2, 0) is 4.79 Å². The minimum atomic E-state index is 0.105. The molecule has 16 heavy (non-hydrogen) atoms. The van der Waals surface area contributed by atoms with Crippen molar-refractivity contribution in [3.8, 4) is 0 Å². The van der Waals surface area contributed by atoms with E-state index in [2.05, 4.69) is 15.5 Å². The second-order valence-electron chi connectivity index (χ2n) is 5.00. The molecule has 0 spiro atoms. The van der Waals surface area contributed by atoms with E-state index in [1.54, 1.807) is 0 Å². The number of amides is 1. The van der Waals surface area contributed by atoms with Gasteiger partial charge in [0.1, 0.15) is 0 Å². The predicted octanol–water partition coefficient (Wildman–Crippen LogP) is 0.196. The third kappa shape index (κ3) is 2.74. The van der Waals surface area contributed by atoms with E-state index < -0.39 is 0 Å². The molecule has 0 bridgehead atoms. The molecule has 2 aliphatic heterocycles. The number of carbonyl (C=O) groups is 1. The highest BCUT2D eigenvalue weighted by Gasteiger charge is 2.29. The Kier molecular flexibility index (Phi) is 4.18. The molecule has 0 aromatic rings. The minimum absolute atomic E-state index is 0.105. The summed E-state index contributed by atoms with van der Waals surface area (Å²) in [5.74, 6) is 0.974. The molecule has 1 unspecified atom stereocenters. The zero-order valence-electron chi connectivity index (χ0n) is 10.2. The van der Waals surface area contributed by atoms with E-state index >= 15 is 0 Å². The molecule has 0 aromatic heterocycles. The molecule has 2 fully saturated rings. The van der Waals surface area contributed by atoms with Crippen LogP contribution in [0, 0.1) is 5.92 Å². The number of hydrogen-bond donors (Lipinski definition) is 2. The van der Waals surface area contributed by atoms with E-state index in [4.69, 9.17) is 0 Å². The third-order valence-corrected chi connectivity index (χ3v) is 3.68. The van der Waals surface area contributed by atoms with Crippen molar-refractivity contribution in [1.82, 2.24) is 15.5 Å². The zero-order valence-corrected chi connectivity index (χ0v) is 10.2. The van der Waals surface area contributed by atoms with Crippen molar-refractivity contribution in [2.45, 2.75) is 31.7 Å². The Labute approximate surface area is 97.8 Å². The van der Waals surface area contributed by atoms with Gasteiger partial charge in [0.25, 0.3) is 0 Å². The Bertz CT molecular complexity index is 236. The van der Waals surface area contributed by atoms with Gasteiger partial charge in [-0.25, -0.2) is 0 Å². The van der Waals surface area contributed by atoms with E-state index in [0.29, 0.717) is 11.8 Å². The molecule has 1 amide bonds. The summed E-state index contributed by atoms with van der Waals surface area (Å²) >= 11 is 0. The summed E-state index contributed by atoms with van der Waals surface area (Å²) in [7, 11) is 1.99. The molecule has 2 saturated heterocycles. The number of nitrogens with one attached hydrogen (secondary N) is 2. The lowest BCUT2D eigenvalue weighted by atomic mass is 9.97. The highest BCUT2D eigenvalue weighted by Crippen LogP contribution is 2.18. The summed E-state index contributed by atoms with van der Waals surface area (Å²) in [6.45, 7) is 3.93. The van der Waals surface area contributed by atoms with E-state index in [-0.39, 0.29) is 6.04 Å². The standard InChI is InChI=1S/C12H23N3O/c1-13-8-10-4-3-7-15(9-10)12(16)11-5-2-6-14-11/h10-11,13-14H,2-9H2,1H3/t10?,11-/m0/s1. The monoisotopic (exact) mass is 225 g/mol. The maximum Gasteiger partial charge on any atom is 0.239 e. The second kappa shape index (κ2) is 5.64. The number of nitrogens with zero attached hydrogens (tertiary/aromatic N) is 1. The maximum atomic E-state index is 12.2. The second-order valence-corrected chi connectivity index (χ2v) is 5.00. The van der Waals surface area contributed by atoms with Crippen LogP contribution in [0.1, 0.15) is 25.7 Å². The Morgan fingerprint density at radius 1 is 1.44 bits per heavy atom. The number of piperidine rings is 1. The first-order valence-electron chi connectivity index (χ1n) is 6.48. The van der Waals surface area contributed by atoms with Crippen LogP contribution in [0.4, 0.5) is 0 Å². The first kappa shape index (κ1) is 11.9. The quantitative estimate of drug-likeness (QED) is 0.721. The molecular formula is C12H23N3O. The molecule has 2 rings (SSSR count). The summed E-state index contributed by atoms with van der Waals surface area (Å²) in [6, 6.07) is 0.105. The Balaban J connectivity index is 1.85. The molecule has 2 atom stereocenters. The Morgan fingerprint density at radius 2 is 2.31 bits per heavy atom. The summed E-state index contributed by atoms with van der Waals surface area (Å²) in [6.07, 6.45) is 4.57. The summed E-state index contributed by atoms with van der Waals surface area (Å²) in [5.41, 5.74) is 0. The lowest BCUT2D eigenvalue weighted by molar-refractivity contribution is -0.134. The topological polar surface area (TPSA) is 44.4 Å². The zero-order chi connectivity index (χ0) is 11.4. The van der Waals surface area contributed by atoms with Crippen molar-refractivity contribution in [1.29, 1.82) is 0 Å². The molecule has 2 N–H and O–H groups in total. The van der Waals surface area contributed by atoms with Crippen LogP contribution in [0.5, 0.6) is 0 Å². The van der Waals surface area contributed by atoms with Crippen molar-refractivity contribution >= 4 is 5.91 Å². The molecule has 2 aliphatic rings. The van der Waals surface area contributed by atoms with Gasteiger partial charge in [0.15, 0.2) is 0 Å². The normalized spacial score (nSPS) is 30.7. The van der Waals surface area contributed by atoms with Crippen molar-refractivity contribution in [2.75, 3.05) is 33.2 Å². The van der Waals surface area contributed by atoms with Gasteiger partial charge in [0, 0.05) is 13.1 Å². The maximum absolute atomic E-state index is 12.2. The molecule has 0 aliphatic carbocycles. The van der Waals surface area contributed by atoms with Crippen LogP contribution in [0.2, 0.25) is 0 Å². The van der Waals surface area contributed by atoms with Gasteiger partial charge < -0.3 is 15.5 Å². The van der Waals surface area contributed by atoms with Crippen molar-refractivity contribution < 1.29 is 4.79 Å². The molecule has 0 radical (unpaired) electrons. The SMILES string of the molecule is CNCC1CCCN(C(=O)[C@@H]2CCCN2)C1. The minimum Gasteiger partial charge on any atom is -0.341 e. The fourth-order valence-electron chi connectivity index (χ4n) is 2.84. The average molecular weight is 225 g/mol. The highest BCUT2D eigenvalue weighted by molar-refractivity contribution is 5.82. The van der Waals surface area contributed by atoms with Gasteiger partial charge in [-0.3, -0.25) is 4.79 Å². The molecule has 0 aromatic carbocycles. The van der Waals surface area contributed by atoms with Crippen LogP contribution in [-0.4, -0.2) is 50.1 Å². The number of likely N-dealkylation sites (tertiary alicyclic amines) is 1. The lowest BCUT2D eigenvalue weighted by Crippen LogP contribution is -2.49. The molecule has 4 nitrogen and oxygen atoms in total. The first-order chi connectivity index (χ1) is 7.81. The van der Waals surface area contributed by atoms with Gasteiger partial charge in [-0.05, 0) is 51.7 Å². The van der Waals surface area contributed by atoms with Crippen molar-refractivity contribution in [2.24, 2.45) is 5.92 Å².